The minimum absolute atomic E-state index is 0.0109. The van der Waals surface area contributed by atoms with E-state index in [1.165, 1.54) is 18.2 Å². The number of ether oxygens (including phenoxy) is 1. The van der Waals surface area contributed by atoms with Crippen LogP contribution < -0.4 is 16.7 Å². The zero-order chi connectivity index (χ0) is 13.0. The number of carbonyl (C=O) groups excluding carboxylic acids is 1. The second kappa shape index (κ2) is 5.76. The highest BCUT2D eigenvalue weighted by atomic mass is 19.1. The van der Waals surface area contributed by atoms with Crippen LogP contribution in [0.4, 0.5) is 10.1 Å². The summed E-state index contributed by atoms with van der Waals surface area (Å²) in [5.41, 5.74) is 5.05. The van der Waals surface area contributed by atoms with E-state index in [-0.39, 0.29) is 11.3 Å². The van der Waals surface area contributed by atoms with Crippen LogP contribution in [0.2, 0.25) is 0 Å². The minimum atomic E-state index is -0.563. The largest absolute Gasteiger partial charge is 0.379 e. The van der Waals surface area contributed by atoms with Crippen LogP contribution in [-0.2, 0) is 4.74 Å². The van der Waals surface area contributed by atoms with Gasteiger partial charge in [0.25, 0.3) is 5.91 Å². The first-order chi connectivity index (χ1) is 8.72. The number of anilines is 1. The van der Waals surface area contributed by atoms with E-state index in [1.54, 1.807) is 5.01 Å². The van der Waals surface area contributed by atoms with Crippen molar-refractivity contribution in [1.29, 1.82) is 0 Å². The number of rotatable bonds is 3. The van der Waals surface area contributed by atoms with Crippen LogP contribution in [-0.4, -0.2) is 37.2 Å². The third-order valence-electron chi connectivity index (χ3n) is 2.67. The topological polar surface area (TPSA) is 79.6 Å². The second-order valence-electron chi connectivity index (χ2n) is 3.85. The van der Waals surface area contributed by atoms with Crippen molar-refractivity contribution in [2.45, 2.75) is 0 Å². The second-order valence-corrected chi connectivity index (χ2v) is 3.85. The van der Waals surface area contributed by atoms with E-state index in [0.29, 0.717) is 26.3 Å². The lowest BCUT2D eigenvalue weighted by molar-refractivity contribution is 0.0126. The Kier molecular flexibility index (Phi) is 4.08. The van der Waals surface area contributed by atoms with Gasteiger partial charge in [-0.15, -0.1) is 0 Å². The molecule has 1 heterocycles. The quantitative estimate of drug-likeness (QED) is 0.526. The molecular formula is C11H15FN4O2. The predicted molar refractivity (Wildman–Crippen MR) is 64.1 cm³/mol. The van der Waals surface area contributed by atoms with Gasteiger partial charge in [0.05, 0.1) is 24.5 Å². The fourth-order valence-electron chi connectivity index (χ4n) is 1.74. The van der Waals surface area contributed by atoms with Crippen molar-refractivity contribution in [2.24, 2.45) is 5.84 Å². The molecule has 1 saturated heterocycles. The maximum atomic E-state index is 13.4. The SMILES string of the molecule is NNc1c(F)cccc1C(=O)NN1CCOCC1. The molecule has 1 fully saturated rings. The van der Waals surface area contributed by atoms with Crippen molar-refractivity contribution >= 4 is 11.6 Å². The van der Waals surface area contributed by atoms with Crippen LogP contribution in [0.5, 0.6) is 0 Å². The Morgan fingerprint density at radius 3 is 2.78 bits per heavy atom. The van der Waals surface area contributed by atoms with Gasteiger partial charge in [0.1, 0.15) is 5.82 Å². The van der Waals surface area contributed by atoms with Crippen molar-refractivity contribution in [2.75, 3.05) is 31.7 Å². The van der Waals surface area contributed by atoms with Gasteiger partial charge >= 0.3 is 0 Å². The van der Waals surface area contributed by atoms with Gasteiger partial charge in [-0.05, 0) is 12.1 Å². The fraction of sp³-hybridized carbons (Fsp3) is 0.364. The number of morpholine rings is 1. The zero-order valence-corrected chi connectivity index (χ0v) is 9.78. The van der Waals surface area contributed by atoms with Gasteiger partial charge in [-0.3, -0.25) is 16.1 Å². The third-order valence-corrected chi connectivity index (χ3v) is 2.67. The summed E-state index contributed by atoms with van der Waals surface area (Å²) in [6.07, 6.45) is 0. The molecule has 0 atom stereocenters. The monoisotopic (exact) mass is 254 g/mol. The van der Waals surface area contributed by atoms with Gasteiger partial charge in [-0.25, -0.2) is 9.40 Å². The highest BCUT2D eigenvalue weighted by Crippen LogP contribution is 2.18. The van der Waals surface area contributed by atoms with Crippen LogP contribution in [0.1, 0.15) is 10.4 Å². The average Bonchev–Trinajstić information content (AvgIpc) is 2.39. The smallest absolute Gasteiger partial charge is 0.267 e. The lowest BCUT2D eigenvalue weighted by Crippen LogP contribution is -2.48. The van der Waals surface area contributed by atoms with E-state index in [1.807, 2.05) is 0 Å². The summed E-state index contributed by atoms with van der Waals surface area (Å²) in [6.45, 7) is 2.33. The maximum absolute atomic E-state index is 13.4. The number of nitrogens with zero attached hydrogens (tertiary/aromatic N) is 1. The lowest BCUT2D eigenvalue weighted by Gasteiger charge is -2.27. The van der Waals surface area contributed by atoms with E-state index in [2.05, 4.69) is 10.9 Å². The first-order valence-corrected chi connectivity index (χ1v) is 5.61. The number of hydrogen-bond acceptors (Lipinski definition) is 5. The van der Waals surface area contributed by atoms with E-state index in [4.69, 9.17) is 10.6 Å². The van der Waals surface area contributed by atoms with Crippen LogP contribution in [0.25, 0.3) is 0 Å². The fourth-order valence-corrected chi connectivity index (χ4v) is 1.74. The van der Waals surface area contributed by atoms with Gasteiger partial charge in [0, 0.05) is 13.1 Å². The van der Waals surface area contributed by atoms with E-state index >= 15 is 0 Å². The molecule has 1 aliphatic rings. The highest BCUT2D eigenvalue weighted by Gasteiger charge is 2.18. The van der Waals surface area contributed by atoms with Crippen LogP contribution in [0.3, 0.4) is 0 Å². The molecule has 0 unspecified atom stereocenters. The summed E-state index contributed by atoms with van der Waals surface area (Å²) in [5, 5.41) is 1.73. The molecule has 1 amide bonds. The van der Waals surface area contributed by atoms with E-state index in [0.717, 1.165) is 0 Å². The van der Waals surface area contributed by atoms with Crippen molar-refractivity contribution in [1.82, 2.24) is 10.4 Å². The standard InChI is InChI=1S/C11H15FN4O2/c12-9-3-1-2-8(10(9)14-13)11(17)15-16-4-6-18-7-5-16/h1-3,14H,4-7,13H2,(H,15,17). The number of nitrogen functional groups attached to an aromatic ring is 1. The Morgan fingerprint density at radius 2 is 2.11 bits per heavy atom. The lowest BCUT2D eigenvalue weighted by atomic mass is 10.1. The van der Waals surface area contributed by atoms with Crippen LogP contribution in [0.15, 0.2) is 18.2 Å². The van der Waals surface area contributed by atoms with Crippen molar-refractivity contribution < 1.29 is 13.9 Å². The molecule has 7 heteroatoms. The first-order valence-electron chi connectivity index (χ1n) is 5.61. The number of hydrogen-bond donors (Lipinski definition) is 3. The molecule has 0 aromatic heterocycles. The zero-order valence-electron chi connectivity index (χ0n) is 9.78. The number of hydrazine groups is 2. The molecule has 0 bridgehead atoms. The molecule has 2 rings (SSSR count). The summed E-state index contributed by atoms with van der Waals surface area (Å²) in [5.74, 6) is 4.26. The highest BCUT2D eigenvalue weighted by molar-refractivity contribution is 5.99. The summed E-state index contributed by atoms with van der Waals surface area (Å²) in [7, 11) is 0. The van der Waals surface area contributed by atoms with Gasteiger partial charge in [-0.2, -0.15) is 0 Å². The number of nitrogens with two attached hydrogens (primary N) is 1. The van der Waals surface area contributed by atoms with Crippen molar-refractivity contribution in [3.05, 3.63) is 29.6 Å². The molecule has 0 aliphatic carbocycles. The number of nitrogens with one attached hydrogen (secondary N) is 2. The molecule has 0 saturated carbocycles. The maximum Gasteiger partial charge on any atom is 0.267 e. The Morgan fingerprint density at radius 1 is 1.39 bits per heavy atom. The van der Waals surface area contributed by atoms with Gasteiger partial charge in [0.2, 0.25) is 0 Å². The molecule has 0 spiro atoms. The number of amides is 1. The minimum Gasteiger partial charge on any atom is -0.379 e. The molecule has 6 nitrogen and oxygen atoms in total. The summed E-state index contributed by atoms with van der Waals surface area (Å²) in [6, 6.07) is 4.21. The number of carbonyl (C=O) groups is 1. The van der Waals surface area contributed by atoms with E-state index in [9.17, 15) is 9.18 Å². The molecule has 0 radical (unpaired) electrons. The molecule has 4 N–H and O–H groups in total. The molecule has 18 heavy (non-hydrogen) atoms. The molecular weight excluding hydrogens is 239 g/mol. The number of halogens is 1. The van der Waals surface area contributed by atoms with Gasteiger partial charge < -0.3 is 10.2 Å². The number of para-hydroxylation sites is 1. The molecule has 1 aliphatic heterocycles. The average molecular weight is 254 g/mol. The van der Waals surface area contributed by atoms with Crippen molar-refractivity contribution in [3.63, 3.8) is 0 Å². The van der Waals surface area contributed by atoms with E-state index < -0.39 is 11.7 Å². The molecule has 1 aromatic rings. The summed E-state index contributed by atoms with van der Waals surface area (Å²) in [4.78, 5) is 12.0. The third kappa shape index (κ3) is 2.76. The normalized spacial score (nSPS) is 16.3. The first kappa shape index (κ1) is 12.7. The molecule has 1 aromatic carbocycles. The Balaban J connectivity index is 2.10. The predicted octanol–water partition coefficient (Wildman–Crippen LogP) is 0.0883. The summed E-state index contributed by atoms with van der Waals surface area (Å²) < 4.78 is 18.6. The Bertz CT molecular complexity index is 435. The van der Waals surface area contributed by atoms with Gasteiger partial charge in [0.15, 0.2) is 0 Å². The van der Waals surface area contributed by atoms with Crippen molar-refractivity contribution in [3.8, 4) is 0 Å². The van der Waals surface area contributed by atoms with Crippen LogP contribution in [0, 0.1) is 5.82 Å². The molecule has 98 valence electrons. The Labute approximate surface area is 104 Å². The van der Waals surface area contributed by atoms with Gasteiger partial charge in [-0.1, -0.05) is 6.07 Å². The Hall–Kier alpha value is -1.70. The van der Waals surface area contributed by atoms with Crippen LogP contribution >= 0.6 is 0 Å². The summed E-state index contributed by atoms with van der Waals surface area (Å²) >= 11 is 0. The number of benzene rings is 1.